The molecule has 2 aliphatic rings. The summed E-state index contributed by atoms with van der Waals surface area (Å²) >= 11 is 0. The van der Waals surface area contributed by atoms with E-state index in [9.17, 15) is 19.2 Å². The van der Waals surface area contributed by atoms with E-state index < -0.39 is 23.9 Å². The quantitative estimate of drug-likeness (QED) is 0.402. The molecule has 10 heteroatoms. The predicted octanol–water partition coefficient (Wildman–Crippen LogP) is 2.00. The molecule has 31 heavy (non-hydrogen) atoms. The lowest BCUT2D eigenvalue weighted by Gasteiger charge is -2.10. The van der Waals surface area contributed by atoms with Gasteiger partial charge in [0, 0.05) is 14.1 Å². The average Bonchev–Trinajstić information content (AvgIpc) is 2.84. The van der Waals surface area contributed by atoms with Crippen LogP contribution in [-0.4, -0.2) is 56.1 Å². The third-order valence-electron chi connectivity index (χ3n) is 4.24. The number of amides is 2. The van der Waals surface area contributed by atoms with Crippen molar-refractivity contribution in [2.45, 2.75) is 20.3 Å². The summed E-state index contributed by atoms with van der Waals surface area (Å²) in [7, 11) is 2.95. The fourth-order valence-electron chi connectivity index (χ4n) is 2.84. The molecule has 0 aliphatic heterocycles. The number of nitrogens with zero attached hydrogens (tertiary/aromatic N) is 1. The molecule has 0 saturated heterocycles. The number of anilines is 1. The number of hydrogen-bond acceptors (Lipinski definition) is 8. The Bertz CT molecular complexity index is 916. The van der Waals surface area contributed by atoms with Gasteiger partial charge in [0.05, 0.1) is 36.4 Å². The largest absolute Gasteiger partial charge is 0.462 e. The van der Waals surface area contributed by atoms with Crippen LogP contribution in [0.15, 0.2) is 24.3 Å². The highest BCUT2D eigenvalue weighted by Gasteiger charge is 2.30. The number of fused-ring (bicyclic) bond motifs is 1. The molecule has 10 nitrogen and oxygen atoms in total. The van der Waals surface area contributed by atoms with E-state index in [4.69, 9.17) is 15.2 Å². The molecule has 2 rings (SSSR count). The summed E-state index contributed by atoms with van der Waals surface area (Å²) in [6, 6.07) is 6.36. The summed E-state index contributed by atoms with van der Waals surface area (Å²) in [6.07, 6.45) is -0.837. The van der Waals surface area contributed by atoms with E-state index in [-0.39, 0.29) is 36.4 Å². The van der Waals surface area contributed by atoms with Crippen molar-refractivity contribution in [3.8, 4) is 11.1 Å². The zero-order chi connectivity index (χ0) is 23.1. The van der Waals surface area contributed by atoms with Gasteiger partial charge in [-0.1, -0.05) is 24.3 Å². The predicted molar refractivity (Wildman–Crippen MR) is 111 cm³/mol. The van der Waals surface area contributed by atoms with Crippen molar-refractivity contribution in [1.29, 1.82) is 0 Å². The molecule has 0 bridgehead atoms. The summed E-state index contributed by atoms with van der Waals surface area (Å²) in [5.74, 6) is -1.89. The molecular formula is C21H25N3O7. The number of rotatable bonds is 6. The number of nitrogens with two attached hydrogens (primary N) is 1. The lowest BCUT2D eigenvalue weighted by atomic mass is 10.1. The number of carbonyl (C=O) groups excluding carboxylic acids is 4. The van der Waals surface area contributed by atoms with E-state index in [1.165, 1.54) is 14.1 Å². The Morgan fingerprint density at radius 1 is 0.903 bits per heavy atom. The van der Waals surface area contributed by atoms with Crippen LogP contribution in [0.25, 0.3) is 11.1 Å². The number of carbonyl (C=O) groups is 4. The van der Waals surface area contributed by atoms with Crippen LogP contribution in [0.3, 0.4) is 0 Å². The van der Waals surface area contributed by atoms with Gasteiger partial charge >= 0.3 is 18.0 Å². The first kappa shape index (κ1) is 23.5. The van der Waals surface area contributed by atoms with E-state index in [1.54, 1.807) is 38.1 Å². The maximum atomic E-state index is 12.5. The second kappa shape index (κ2) is 10.3. The summed E-state index contributed by atoms with van der Waals surface area (Å²) in [5.41, 5.74) is 9.60. The second-order valence-corrected chi connectivity index (χ2v) is 6.64. The Morgan fingerprint density at radius 2 is 1.39 bits per heavy atom. The van der Waals surface area contributed by atoms with Crippen molar-refractivity contribution in [1.82, 2.24) is 10.4 Å². The summed E-state index contributed by atoms with van der Waals surface area (Å²) in [4.78, 5) is 54.2. The highest BCUT2D eigenvalue weighted by Crippen LogP contribution is 2.39. The molecule has 166 valence electrons. The maximum absolute atomic E-state index is 12.5. The molecule has 2 aliphatic carbocycles. The molecule has 0 unspecified atom stereocenters. The Hall–Kier alpha value is -3.82. The zero-order valence-corrected chi connectivity index (χ0v) is 17.8. The fraction of sp³-hybridized carbons (Fsp3) is 0.333. The van der Waals surface area contributed by atoms with Gasteiger partial charge in [-0.3, -0.25) is 4.79 Å². The molecule has 2 amide bonds. The van der Waals surface area contributed by atoms with Gasteiger partial charge in [-0.05, 0) is 30.5 Å². The second-order valence-electron chi connectivity index (χ2n) is 6.64. The number of hydroxylamine groups is 1. The monoisotopic (exact) mass is 431 g/mol. The van der Waals surface area contributed by atoms with Gasteiger partial charge in [-0.15, -0.1) is 0 Å². The Kier molecular flexibility index (Phi) is 7.78. The van der Waals surface area contributed by atoms with Gasteiger partial charge in [0.1, 0.15) is 0 Å². The van der Waals surface area contributed by atoms with Crippen LogP contribution in [0.1, 0.15) is 40.1 Å². The summed E-state index contributed by atoms with van der Waals surface area (Å²) < 4.78 is 10.2. The van der Waals surface area contributed by atoms with Crippen molar-refractivity contribution in [2.24, 2.45) is 0 Å². The maximum Gasteiger partial charge on any atom is 0.433 e. The lowest BCUT2D eigenvalue weighted by molar-refractivity contribution is -0.129. The molecule has 0 saturated carbocycles. The van der Waals surface area contributed by atoms with E-state index in [0.29, 0.717) is 16.7 Å². The molecule has 0 atom stereocenters. The van der Waals surface area contributed by atoms with Crippen molar-refractivity contribution in [2.75, 3.05) is 33.0 Å². The topological polar surface area (TPSA) is 137 Å². The van der Waals surface area contributed by atoms with Crippen LogP contribution in [0.4, 0.5) is 10.5 Å². The van der Waals surface area contributed by atoms with E-state index in [1.807, 2.05) is 0 Å². The standard InChI is InChI=1S/C21H25N3O7/c1-5-29-19(26)16-13-9-7-12(11-15(25)23-31-21(28)24(3)4)8-10-14(13)17(18(16)22)20(27)30-6-2/h7-10H,5-6,11,22H2,1-4H3,(H,23,25). The average molecular weight is 431 g/mol. The van der Waals surface area contributed by atoms with Gasteiger partial charge in [0.25, 0.3) is 5.91 Å². The van der Waals surface area contributed by atoms with Crippen molar-refractivity contribution >= 4 is 29.6 Å². The Morgan fingerprint density at radius 3 is 1.81 bits per heavy atom. The molecule has 3 N–H and O–H groups in total. The number of esters is 2. The van der Waals surface area contributed by atoms with Crippen molar-refractivity contribution in [3.05, 3.63) is 41.0 Å². The normalized spacial score (nSPS) is 10.3. The Labute approximate surface area is 179 Å². The summed E-state index contributed by atoms with van der Waals surface area (Å²) in [5, 5.41) is 0. The highest BCUT2D eigenvalue weighted by atomic mass is 16.7. The molecule has 0 fully saturated rings. The number of nitrogens with one attached hydrogen (secondary N) is 1. The summed E-state index contributed by atoms with van der Waals surface area (Å²) in [6.45, 7) is 3.59. The van der Waals surface area contributed by atoms with Crippen LogP contribution in [0, 0.1) is 0 Å². The van der Waals surface area contributed by atoms with Gasteiger partial charge in [0.2, 0.25) is 0 Å². The first-order valence-electron chi connectivity index (χ1n) is 9.56. The minimum atomic E-state index is -0.723. The van der Waals surface area contributed by atoms with E-state index in [2.05, 4.69) is 10.3 Å². The SMILES string of the molecule is CCOC(=O)c1c2ccc(CC(=O)NOC(=O)N(C)C)ccc-2c(C(=O)OCC)c1N. The van der Waals surface area contributed by atoms with Crippen molar-refractivity contribution in [3.63, 3.8) is 0 Å². The van der Waals surface area contributed by atoms with Crippen LogP contribution in [-0.2, 0) is 25.5 Å². The van der Waals surface area contributed by atoms with Crippen molar-refractivity contribution < 1.29 is 33.5 Å². The van der Waals surface area contributed by atoms with E-state index >= 15 is 0 Å². The lowest BCUT2D eigenvalue weighted by Crippen LogP contribution is -2.33. The number of hydrogen-bond donors (Lipinski definition) is 2. The van der Waals surface area contributed by atoms with Gasteiger partial charge in [0.15, 0.2) is 0 Å². The van der Waals surface area contributed by atoms with Crippen LogP contribution < -0.4 is 11.2 Å². The number of ether oxygens (including phenoxy) is 2. The molecule has 0 radical (unpaired) electrons. The fourth-order valence-corrected chi connectivity index (χ4v) is 2.84. The first-order valence-corrected chi connectivity index (χ1v) is 9.56. The van der Waals surface area contributed by atoms with Crippen LogP contribution in [0.2, 0.25) is 0 Å². The molecule has 0 aromatic rings. The Balaban J connectivity index is 2.41. The minimum absolute atomic E-state index is 0.0204. The van der Waals surface area contributed by atoms with Gasteiger partial charge in [-0.25, -0.2) is 14.4 Å². The number of nitrogen functional groups attached to an aromatic ring is 1. The third kappa shape index (κ3) is 5.41. The molecule has 0 spiro atoms. The molecule has 0 aromatic carbocycles. The zero-order valence-electron chi connectivity index (χ0n) is 17.8. The van der Waals surface area contributed by atoms with Gasteiger partial charge in [-0.2, -0.15) is 5.48 Å². The molecule has 0 heterocycles. The van der Waals surface area contributed by atoms with Gasteiger partial charge < -0.3 is 24.9 Å². The van der Waals surface area contributed by atoms with E-state index in [0.717, 1.165) is 4.90 Å². The smallest absolute Gasteiger partial charge is 0.433 e. The van der Waals surface area contributed by atoms with Crippen LogP contribution in [0.5, 0.6) is 0 Å². The third-order valence-corrected chi connectivity index (χ3v) is 4.24. The van der Waals surface area contributed by atoms with Crippen LogP contribution >= 0.6 is 0 Å². The highest BCUT2D eigenvalue weighted by molar-refractivity contribution is 6.15. The minimum Gasteiger partial charge on any atom is -0.462 e. The first-order chi connectivity index (χ1) is 14.7. The molecular weight excluding hydrogens is 406 g/mol. The molecule has 0 aromatic heterocycles.